The highest BCUT2D eigenvalue weighted by molar-refractivity contribution is 5.42. The van der Waals surface area contributed by atoms with E-state index in [4.69, 9.17) is 4.74 Å². The number of aromatic nitrogens is 1. The summed E-state index contributed by atoms with van der Waals surface area (Å²) in [5.41, 5.74) is 2.34. The largest absolute Gasteiger partial charge is 0.383 e. The first-order valence-electron chi connectivity index (χ1n) is 6.98. The molecule has 1 aromatic heterocycles. The van der Waals surface area contributed by atoms with Gasteiger partial charge < -0.3 is 15.0 Å². The SMILES string of the molecule is CCCNCc1cc(C)nc(N(C)C(C)COC)c1. The van der Waals surface area contributed by atoms with Crippen LogP contribution in [0.2, 0.25) is 0 Å². The van der Waals surface area contributed by atoms with Crippen molar-refractivity contribution in [3.63, 3.8) is 0 Å². The van der Waals surface area contributed by atoms with Crippen molar-refractivity contribution in [3.05, 3.63) is 23.4 Å². The molecule has 19 heavy (non-hydrogen) atoms. The van der Waals surface area contributed by atoms with E-state index in [-0.39, 0.29) is 0 Å². The van der Waals surface area contributed by atoms with Gasteiger partial charge in [-0.2, -0.15) is 0 Å². The molecule has 1 unspecified atom stereocenters. The lowest BCUT2D eigenvalue weighted by atomic mass is 10.2. The van der Waals surface area contributed by atoms with E-state index < -0.39 is 0 Å². The van der Waals surface area contributed by atoms with Crippen LogP contribution in [0.4, 0.5) is 5.82 Å². The summed E-state index contributed by atoms with van der Waals surface area (Å²) in [7, 11) is 3.79. The summed E-state index contributed by atoms with van der Waals surface area (Å²) in [6, 6.07) is 4.61. The zero-order valence-corrected chi connectivity index (χ0v) is 12.9. The summed E-state index contributed by atoms with van der Waals surface area (Å²) >= 11 is 0. The van der Waals surface area contributed by atoms with Crippen LogP contribution in [0.25, 0.3) is 0 Å². The Morgan fingerprint density at radius 3 is 2.79 bits per heavy atom. The van der Waals surface area contributed by atoms with Crippen LogP contribution in [-0.2, 0) is 11.3 Å². The average molecular weight is 265 g/mol. The lowest BCUT2D eigenvalue weighted by Gasteiger charge is -2.26. The van der Waals surface area contributed by atoms with E-state index in [0.29, 0.717) is 12.6 Å². The van der Waals surface area contributed by atoms with Crippen LogP contribution in [-0.4, -0.2) is 38.3 Å². The van der Waals surface area contributed by atoms with Gasteiger partial charge in [0, 0.05) is 26.4 Å². The molecule has 1 rings (SSSR count). The van der Waals surface area contributed by atoms with Gasteiger partial charge >= 0.3 is 0 Å². The van der Waals surface area contributed by atoms with Gasteiger partial charge in [0.15, 0.2) is 0 Å². The summed E-state index contributed by atoms with van der Waals surface area (Å²) in [6.45, 7) is 9.01. The number of aryl methyl sites for hydroxylation is 1. The first kappa shape index (κ1) is 15.9. The van der Waals surface area contributed by atoms with Crippen molar-refractivity contribution in [1.29, 1.82) is 0 Å². The molecule has 0 radical (unpaired) electrons. The Hall–Kier alpha value is -1.13. The standard InChI is InChI=1S/C15H27N3O/c1-6-7-16-10-14-8-12(2)17-15(9-14)18(4)13(3)11-19-5/h8-9,13,16H,6-7,10-11H2,1-5H3. The molecular weight excluding hydrogens is 238 g/mol. The lowest BCUT2D eigenvalue weighted by molar-refractivity contribution is 0.183. The maximum Gasteiger partial charge on any atom is 0.129 e. The van der Waals surface area contributed by atoms with Crippen molar-refractivity contribution in [2.75, 3.05) is 32.2 Å². The predicted molar refractivity (Wildman–Crippen MR) is 80.7 cm³/mol. The molecule has 0 aliphatic heterocycles. The molecule has 0 saturated heterocycles. The summed E-state index contributed by atoms with van der Waals surface area (Å²) in [6.07, 6.45) is 1.15. The molecule has 0 bridgehead atoms. The number of pyridine rings is 1. The van der Waals surface area contributed by atoms with Crippen LogP contribution < -0.4 is 10.2 Å². The van der Waals surface area contributed by atoms with Crippen molar-refractivity contribution in [2.24, 2.45) is 0 Å². The van der Waals surface area contributed by atoms with Crippen molar-refractivity contribution in [2.45, 2.75) is 39.8 Å². The van der Waals surface area contributed by atoms with Gasteiger partial charge in [0.2, 0.25) is 0 Å². The van der Waals surface area contributed by atoms with E-state index in [1.807, 2.05) is 6.92 Å². The highest BCUT2D eigenvalue weighted by Gasteiger charge is 2.12. The third kappa shape index (κ3) is 5.17. The molecule has 0 aliphatic carbocycles. The normalized spacial score (nSPS) is 12.5. The first-order chi connectivity index (χ1) is 9.08. The van der Waals surface area contributed by atoms with Crippen molar-refractivity contribution in [3.8, 4) is 0 Å². The van der Waals surface area contributed by atoms with Gasteiger partial charge in [-0.1, -0.05) is 6.92 Å². The van der Waals surface area contributed by atoms with E-state index in [0.717, 1.165) is 31.0 Å². The van der Waals surface area contributed by atoms with Crippen LogP contribution >= 0.6 is 0 Å². The molecule has 0 amide bonds. The number of nitrogens with one attached hydrogen (secondary N) is 1. The molecule has 1 N–H and O–H groups in total. The van der Waals surface area contributed by atoms with Gasteiger partial charge in [-0.25, -0.2) is 4.98 Å². The van der Waals surface area contributed by atoms with Crippen LogP contribution in [0.3, 0.4) is 0 Å². The van der Waals surface area contributed by atoms with Crippen LogP contribution in [0, 0.1) is 6.92 Å². The van der Waals surface area contributed by atoms with Gasteiger partial charge in [0.1, 0.15) is 5.82 Å². The van der Waals surface area contributed by atoms with Gasteiger partial charge in [0.25, 0.3) is 0 Å². The zero-order valence-electron chi connectivity index (χ0n) is 12.9. The molecule has 0 saturated carbocycles. The van der Waals surface area contributed by atoms with Crippen molar-refractivity contribution < 1.29 is 4.74 Å². The minimum absolute atomic E-state index is 0.316. The smallest absolute Gasteiger partial charge is 0.129 e. The van der Waals surface area contributed by atoms with E-state index >= 15 is 0 Å². The zero-order chi connectivity index (χ0) is 14.3. The first-order valence-corrected chi connectivity index (χ1v) is 6.98. The number of likely N-dealkylation sites (N-methyl/N-ethyl adjacent to an activating group) is 1. The molecule has 1 atom stereocenters. The van der Waals surface area contributed by atoms with E-state index in [2.05, 4.69) is 48.2 Å². The van der Waals surface area contributed by atoms with Crippen molar-refractivity contribution in [1.82, 2.24) is 10.3 Å². The molecule has 4 heteroatoms. The number of nitrogens with zero attached hydrogens (tertiary/aromatic N) is 2. The maximum atomic E-state index is 5.20. The molecule has 0 aromatic carbocycles. The van der Waals surface area contributed by atoms with E-state index in [9.17, 15) is 0 Å². The molecule has 1 heterocycles. The number of methoxy groups -OCH3 is 1. The summed E-state index contributed by atoms with van der Waals surface area (Å²) in [4.78, 5) is 6.77. The molecule has 0 spiro atoms. The number of hydrogen-bond acceptors (Lipinski definition) is 4. The molecule has 0 fully saturated rings. The molecule has 108 valence electrons. The second-order valence-electron chi connectivity index (χ2n) is 5.07. The highest BCUT2D eigenvalue weighted by atomic mass is 16.5. The van der Waals surface area contributed by atoms with E-state index in [1.54, 1.807) is 7.11 Å². The monoisotopic (exact) mass is 265 g/mol. The van der Waals surface area contributed by atoms with Gasteiger partial charge in [-0.3, -0.25) is 0 Å². The van der Waals surface area contributed by atoms with Gasteiger partial charge in [-0.15, -0.1) is 0 Å². The quantitative estimate of drug-likeness (QED) is 0.732. The second-order valence-corrected chi connectivity index (χ2v) is 5.07. The Kier molecular flexibility index (Phi) is 6.81. The van der Waals surface area contributed by atoms with Gasteiger partial charge in [0.05, 0.1) is 12.6 Å². The summed E-state index contributed by atoms with van der Waals surface area (Å²) < 4.78 is 5.20. The van der Waals surface area contributed by atoms with Crippen LogP contribution in [0.1, 0.15) is 31.5 Å². The van der Waals surface area contributed by atoms with Crippen molar-refractivity contribution >= 4 is 5.82 Å². The third-order valence-electron chi connectivity index (χ3n) is 3.19. The Morgan fingerprint density at radius 1 is 1.42 bits per heavy atom. The number of hydrogen-bond donors (Lipinski definition) is 1. The fourth-order valence-corrected chi connectivity index (χ4v) is 1.99. The number of anilines is 1. The number of rotatable bonds is 8. The van der Waals surface area contributed by atoms with Crippen LogP contribution in [0.5, 0.6) is 0 Å². The fraction of sp³-hybridized carbons (Fsp3) is 0.667. The molecule has 1 aromatic rings. The Bertz CT molecular complexity index is 382. The summed E-state index contributed by atoms with van der Waals surface area (Å²) in [5.74, 6) is 1.01. The third-order valence-corrected chi connectivity index (χ3v) is 3.19. The van der Waals surface area contributed by atoms with Crippen LogP contribution in [0.15, 0.2) is 12.1 Å². The molecular formula is C15H27N3O. The minimum Gasteiger partial charge on any atom is -0.383 e. The predicted octanol–water partition coefficient (Wildman–Crippen LogP) is 2.36. The maximum absolute atomic E-state index is 5.20. The average Bonchev–Trinajstić information content (AvgIpc) is 2.38. The fourth-order valence-electron chi connectivity index (χ4n) is 1.99. The Morgan fingerprint density at radius 2 is 2.16 bits per heavy atom. The Balaban J connectivity index is 2.77. The lowest BCUT2D eigenvalue weighted by Crippen LogP contribution is -2.33. The summed E-state index contributed by atoms with van der Waals surface area (Å²) in [5, 5.41) is 3.43. The number of ether oxygens (including phenoxy) is 1. The Labute approximate surface area is 117 Å². The minimum atomic E-state index is 0.316. The van der Waals surface area contributed by atoms with E-state index in [1.165, 1.54) is 5.56 Å². The topological polar surface area (TPSA) is 37.4 Å². The van der Waals surface area contributed by atoms with Gasteiger partial charge in [-0.05, 0) is 44.5 Å². The molecule has 0 aliphatic rings. The second kappa shape index (κ2) is 8.12. The molecule has 4 nitrogen and oxygen atoms in total. The highest BCUT2D eigenvalue weighted by Crippen LogP contribution is 2.16.